The highest BCUT2D eigenvalue weighted by atomic mass is 32.2. The molecule has 1 saturated heterocycles. The van der Waals surface area contributed by atoms with Crippen LogP contribution in [0.2, 0.25) is 0 Å². The Bertz CT molecular complexity index is 1420. The van der Waals surface area contributed by atoms with Crippen LogP contribution in [0.1, 0.15) is 16.1 Å². The lowest BCUT2D eigenvalue weighted by molar-refractivity contribution is 0.0600. The second-order valence-electron chi connectivity index (χ2n) is 7.34. The number of esters is 1. The van der Waals surface area contributed by atoms with Gasteiger partial charge in [-0.1, -0.05) is 0 Å². The lowest BCUT2D eigenvalue weighted by atomic mass is 10.1. The quantitative estimate of drug-likeness (QED) is 0.448. The van der Waals surface area contributed by atoms with Crippen LogP contribution in [0.3, 0.4) is 0 Å². The predicted octanol–water partition coefficient (Wildman–Crippen LogP) is 0.639. The first-order valence-corrected chi connectivity index (χ1v) is 11.0. The van der Waals surface area contributed by atoms with Gasteiger partial charge in [0.2, 0.25) is 0 Å². The molecule has 1 N–H and O–H groups in total. The molecule has 0 bridgehead atoms. The highest BCUT2D eigenvalue weighted by Crippen LogP contribution is 2.25. The third-order valence-electron chi connectivity index (χ3n) is 5.17. The smallest absolute Gasteiger partial charge is 0.339 e. The summed E-state index contributed by atoms with van der Waals surface area (Å²) in [4.78, 5) is 22.2. The van der Waals surface area contributed by atoms with E-state index in [4.69, 9.17) is 4.74 Å². The molecule has 0 radical (unpaired) electrons. The van der Waals surface area contributed by atoms with Crippen LogP contribution in [-0.4, -0.2) is 64.6 Å². The van der Waals surface area contributed by atoms with Crippen LogP contribution in [0.15, 0.2) is 48.1 Å². The van der Waals surface area contributed by atoms with Gasteiger partial charge in [0.1, 0.15) is 11.8 Å². The van der Waals surface area contributed by atoms with Crippen molar-refractivity contribution >= 4 is 32.8 Å². The van der Waals surface area contributed by atoms with Gasteiger partial charge in [0, 0.05) is 31.7 Å². The molecular weight excluding hydrogens is 422 g/mol. The number of nitrogens with one attached hydrogen (secondary N) is 1. The summed E-state index contributed by atoms with van der Waals surface area (Å²) in [5.41, 5.74) is 2.44. The van der Waals surface area contributed by atoms with Gasteiger partial charge >= 0.3 is 5.97 Å². The number of aromatic nitrogens is 5. The fourth-order valence-electron chi connectivity index (χ4n) is 3.70. The van der Waals surface area contributed by atoms with E-state index in [-0.39, 0.29) is 11.1 Å². The van der Waals surface area contributed by atoms with Crippen molar-refractivity contribution in [3.05, 3.63) is 54.4 Å². The zero-order valence-corrected chi connectivity index (χ0v) is 17.6. The van der Waals surface area contributed by atoms with Crippen molar-refractivity contribution in [2.45, 2.75) is 18.0 Å². The number of nitrogens with zero attached hydrogens (tertiary/aromatic N) is 6. The Balaban J connectivity index is 1.33. The molecule has 160 valence electrons. The van der Waals surface area contributed by atoms with Crippen molar-refractivity contribution in [3.63, 3.8) is 0 Å². The summed E-state index contributed by atoms with van der Waals surface area (Å²) >= 11 is 0. The van der Waals surface area contributed by atoms with Crippen LogP contribution in [0.4, 0.5) is 5.82 Å². The molecule has 12 heteroatoms. The van der Waals surface area contributed by atoms with Gasteiger partial charge in [0.15, 0.2) is 10.8 Å². The Morgan fingerprint density at radius 3 is 2.81 bits per heavy atom. The second-order valence-corrected chi connectivity index (χ2v) is 8.97. The van der Waals surface area contributed by atoms with Crippen LogP contribution in [-0.2, 0) is 14.8 Å². The number of hydrogen-bond donors (Lipinski definition) is 1. The monoisotopic (exact) mass is 441 g/mol. The number of carbonyl (C=O) groups excluding carboxylic acids is 1. The van der Waals surface area contributed by atoms with E-state index in [2.05, 4.69) is 19.8 Å². The third kappa shape index (κ3) is 3.29. The Morgan fingerprint density at radius 1 is 1.23 bits per heavy atom. The highest BCUT2D eigenvalue weighted by Gasteiger charge is 2.34. The minimum Gasteiger partial charge on any atom is -0.465 e. The van der Waals surface area contributed by atoms with E-state index < -0.39 is 16.0 Å². The molecule has 5 rings (SSSR count). The molecule has 0 aromatic carbocycles. The molecular formula is C19H19N7O4S. The number of anilines is 1. The normalized spacial score (nSPS) is 14.8. The van der Waals surface area contributed by atoms with Crippen molar-refractivity contribution in [2.75, 3.05) is 25.1 Å². The average molecular weight is 441 g/mol. The van der Waals surface area contributed by atoms with Gasteiger partial charge in [0.05, 0.1) is 29.9 Å². The van der Waals surface area contributed by atoms with Gasteiger partial charge < -0.3 is 14.0 Å². The summed E-state index contributed by atoms with van der Waals surface area (Å²) in [7, 11) is -2.57. The zero-order valence-electron chi connectivity index (χ0n) is 16.8. The minimum absolute atomic E-state index is 0.0889. The highest BCUT2D eigenvalue weighted by molar-refractivity contribution is 7.89. The molecule has 4 aromatic rings. The van der Waals surface area contributed by atoms with Gasteiger partial charge in [0.25, 0.3) is 10.0 Å². The molecule has 1 aliphatic rings. The largest absolute Gasteiger partial charge is 0.465 e. The first kappa shape index (κ1) is 19.5. The number of ether oxygens (including phenoxy) is 1. The summed E-state index contributed by atoms with van der Waals surface area (Å²) in [6.45, 7) is 2.87. The predicted molar refractivity (Wildman–Crippen MR) is 111 cm³/mol. The van der Waals surface area contributed by atoms with Crippen LogP contribution in [0.5, 0.6) is 0 Å². The number of carbonyl (C=O) groups is 1. The minimum atomic E-state index is -3.85. The Labute approximate surface area is 177 Å². The number of fused-ring (bicyclic) bond motifs is 2. The SMILES string of the molecule is COC(=O)c1ccc2c(S(=O)(=O)NC3CN(c4nccn5nc(C)cc45)C3)ncn2c1. The Hall–Kier alpha value is -3.51. The van der Waals surface area contributed by atoms with Gasteiger partial charge in [-0.15, -0.1) is 0 Å². The van der Waals surface area contributed by atoms with Crippen molar-refractivity contribution in [1.29, 1.82) is 0 Å². The Kier molecular flexibility index (Phi) is 4.41. The van der Waals surface area contributed by atoms with E-state index in [1.54, 1.807) is 16.9 Å². The van der Waals surface area contributed by atoms with E-state index in [9.17, 15) is 13.2 Å². The van der Waals surface area contributed by atoms with Crippen molar-refractivity contribution in [2.24, 2.45) is 0 Å². The Morgan fingerprint density at radius 2 is 2.03 bits per heavy atom. The number of methoxy groups -OCH3 is 1. The topological polar surface area (TPSA) is 123 Å². The molecule has 0 saturated carbocycles. The summed E-state index contributed by atoms with van der Waals surface area (Å²) in [5.74, 6) is 0.256. The summed E-state index contributed by atoms with van der Waals surface area (Å²) in [5, 5.41) is 4.29. The standard InChI is InChI=1S/C19H19N7O4S/c1-12-7-16-17(20-5-6-26(16)22-12)24-9-14(10-24)23-31(28,29)18-15-4-3-13(19(27)30-2)8-25(15)11-21-18/h3-8,11,14,23H,9-10H2,1-2H3. The number of pyridine rings is 1. The van der Waals surface area contributed by atoms with E-state index in [0.29, 0.717) is 24.2 Å². The number of imidazole rings is 1. The third-order valence-corrected chi connectivity index (χ3v) is 6.63. The van der Waals surface area contributed by atoms with Crippen molar-refractivity contribution < 1.29 is 17.9 Å². The van der Waals surface area contributed by atoms with Crippen LogP contribution in [0.25, 0.3) is 11.0 Å². The fraction of sp³-hybridized carbons (Fsp3) is 0.263. The zero-order chi connectivity index (χ0) is 21.8. The summed E-state index contributed by atoms with van der Waals surface area (Å²) in [6.07, 6.45) is 6.29. The number of aryl methyl sites for hydroxylation is 1. The van der Waals surface area contributed by atoms with Gasteiger partial charge in [-0.25, -0.2) is 32.4 Å². The molecule has 11 nitrogen and oxygen atoms in total. The first-order valence-electron chi connectivity index (χ1n) is 9.49. The van der Waals surface area contributed by atoms with Crippen LogP contribution in [0, 0.1) is 6.92 Å². The van der Waals surface area contributed by atoms with Gasteiger partial charge in [-0.05, 0) is 25.1 Å². The van der Waals surface area contributed by atoms with Crippen molar-refractivity contribution in [3.8, 4) is 0 Å². The number of hydrogen-bond acceptors (Lipinski definition) is 8. The molecule has 1 fully saturated rings. The maximum absolute atomic E-state index is 12.9. The lowest BCUT2D eigenvalue weighted by Gasteiger charge is -2.40. The molecule has 5 heterocycles. The van der Waals surface area contributed by atoms with Gasteiger partial charge in [-0.3, -0.25) is 0 Å². The molecule has 0 amide bonds. The van der Waals surface area contributed by atoms with E-state index in [0.717, 1.165) is 17.0 Å². The first-order chi connectivity index (χ1) is 14.9. The van der Waals surface area contributed by atoms with E-state index in [1.807, 2.05) is 17.9 Å². The van der Waals surface area contributed by atoms with Crippen molar-refractivity contribution in [1.82, 2.24) is 28.7 Å². The molecule has 0 spiro atoms. The molecule has 4 aromatic heterocycles. The summed E-state index contributed by atoms with van der Waals surface area (Å²) in [6, 6.07) is 4.71. The van der Waals surface area contributed by atoms with E-state index >= 15 is 0 Å². The fourth-order valence-corrected chi connectivity index (χ4v) is 5.03. The molecule has 1 aliphatic heterocycles. The lowest BCUT2D eigenvalue weighted by Crippen LogP contribution is -2.59. The number of rotatable bonds is 5. The second kappa shape index (κ2) is 7.03. The maximum Gasteiger partial charge on any atom is 0.339 e. The summed E-state index contributed by atoms with van der Waals surface area (Å²) < 4.78 is 36.5. The molecule has 0 aliphatic carbocycles. The average Bonchev–Trinajstić information content (AvgIpc) is 3.32. The van der Waals surface area contributed by atoms with Gasteiger partial charge in [-0.2, -0.15) is 5.10 Å². The molecule has 0 unspecified atom stereocenters. The van der Waals surface area contributed by atoms with Crippen LogP contribution >= 0.6 is 0 Å². The number of sulfonamides is 1. The molecule has 31 heavy (non-hydrogen) atoms. The van der Waals surface area contributed by atoms with Crippen LogP contribution < -0.4 is 9.62 Å². The maximum atomic E-state index is 12.9. The molecule has 0 atom stereocenters. The van der Waals surface area contributed by atoms with E-state index in [1.165, 1.54) is 36.2 Å².